The van der Waals surface area contributed by atoms with E-state index in [0.29, 0.717) is 36.9 Å². The topological polar surface area (TPSA) is 47.4 Å². The number of carbonyl (C=O) groups excluding carboxylic acids is 1. The monoisotopic (exact) mass is 355 g/mol. The van der Waals surface area contributed by atoms with Gasteiger partial charge in [-0.05, 0) is 18.2 Å². The third-order valence-electron chi connectivity index (χ3n) is 4.53. The van der Waals surface area contributed by atoms with E-state index < -0.39 is 0 Å². The number of morpholine rings is 1. The maximum absolute atomic E-state index is 13.0. The molecule has 25 heavy (non-hydrogen) atoms. The van der Waals surface area contributed by atoms with E-state index in [1.807, 2.05) is 53.0 Å². The van der Waals surface area contributed by atoms with Crippen molar-refractivity contribution in [3.63, 3.8) is 0 Å². The predicted molar refractivity (Wildman–Crippen MR) is 97.9 cm³/mol. The zero-order valence-electron chi connectivity index (χ0n) is 13.9. The molecule has 1 aliphatic heterocycles. The molecular weight excluding hydrogens is 338 g/mol. The van der Waals surface area contributed by atoms with Crippen LogP contribution in [0.3, 0.4) is 0 Å². The number of amides is 1. The van der Waals surface area contributed by atoms with Gasteiger partial charge < -0.3 is 14.2 Å². The summed E-state index contributed by atoms with van der Waals surface area (Å²) in [6.45, 7) is 2.38. The molecule has 6 heteroatoms. The van der Waals surface area contributed by atoms with Crippen LogP contribution in [0.4, 0.5) is 0 Å². The third kappa shape index (κ3) is 2.90. The molecule has 3 aromatic rings. The Bertz CT molecular complexity index is 945. The highest BCUT2D eigenvalue weighted by Crippen LogP contribution is 2.31. The van der Waals surface area contributed by atoms with Crippen molar-refractivity contribution in [3.05, 3.63) is 53.3 Å². The van der Waals surface area contributed by atoms with Crippen LogP contribution in [0, 0.1) is 0 Å². The number of rotatable bonds is 2. The lowest BCUT2D eigenvalue weighted by Crippen LogP contribution is -2.40. The largest absolute Gasteiger partial charge is 0.378 e. The summed E-state index contributed by atoms with van der Waals surface area (Å²) in [6.07, 6.45) is 3.63. The maximum Gasteiger partial charge on any atom is 0.257 e. The van der Waals surface area contributed by atoms with Gasteiger partial charge in [0.2, 0.25) is 0 Å². The van der Waals surface area contributed by atoms with Gasteiger partial charge in [0, 0.05) is 48.5 Å². The number of aryl methyl sites for hydroxylation is 1. The summed E-state index contributed by atoms with van der Waals surface area (Å²) in [6, 6.07) is 9.60. The summed E-state index contributed by atoms with van der Waals surface area (Å²) in [4.78, 5) is 19.4. The molecule has 0 bridgehead atoms. The maximum atomic E-state index is 13.0. The van der Waals surface area contributed by atoms with Gasteiger partial charge in [0.15, 0.2) is 0 Å². The molecule has 0 spiro atoms. The molecule has 1 aromatic carbocycles. The lowest BCUT2D eigenvalue weighted by molar-refractivity contribution is 0.0303. The Morgan fingerprint density at radius 3 is 2.80 bits per heavy atom. The highest BCUT2D eigenvalue weighted by atomic mass is 35.5. The first-order valence-corrected chi connectivity index (χ1v) is 8.60. The van der Waals surface area contributed by atoms with E-state index in [9.17, 15) is 4.79 Å². The van der Waals surface area contributed by atoms with E-state index in [-0.39, 0.29) is 5.91 Å². The van der Waals surface area contributed by atoms with E-state index in [2.05, 4.69) is 4.98 Å². The molecule has 5 nitrogen and oxygen atoms in total. The van der Waals surface area contributed by atoms with Gasteiger partial charge >= 0.3 is 0 Å². The fourth-order valence-corrected chi connectivity index (χ4v) is 3.47. The number of aromatic nitrogens is 2. The van der Waals surface area contributed by atoms with Crippen molar-refractivity contribution in [2.24, 2.45) is 7.05 Å². The minimum atomic E-state index is 0.000226. The molecular formula is C19H18ClN3O2. The van der Waals surface area contributed by atoms with Gasteiger partial charge in [-0.1, -0.05) is 23.7 Å². The zero-order valence-corrected chi connectivity index (χ0v) is 14.7. The van der Waals surface area contributed by atoms with Crippen LogP contribution in [0.2, 0.25) is 5.02 Å². The number of hydrogen-bond acceptors (Lipinski definition) is 3. The van der Waals surface area contributed by atoms with Gasteiger partial charge in [-0.2, -0.15) is 0 Å². The molecule has 0 N–H and O–H groups in total. The Morgan fingerprint density at radius 1 is 1.24 bits per heavy atom. The number of benzene rings is 1. The first kappa shape index (κ1) is 16.1. The first-order chi connectivity index (χ1) is 12.1. The molecule has 128 valence electrons. The number of fused-ring (bicyclic) bond motifs is 1. The molecule has 0 unspecified atom stereocenters. The number of halogens is 1. The van der Waals surface area contributed by atoms with Crippen LogP contribution in [0.15, 0.2) is 42.7 Å². The predicted octanol–water partition coefficient (Wildman–Crippen LogP) is 3.37. The van der Waals surface area contributed by atoms with Crippen molar-refractivity contribution in [3.8, 4) is 11.3 Å². The van der Waals surface area contributed by atoms with Crippen molar-refractivity contribution >= 4 is 28.4 Å². The van der Waals surface area contributed by atoms with Crippen LogP contribution in [0.5, 0.6) is 0 Å². The van der Waals surface area contributed by atoms with E-state index in [1.165, 1.54) is 0 Å². The highest BCUT2D eigenvalue weighted by molar-refractivity contribution is 6.30. The summed E-state index contributed by atoms with van der Waals surface area (Å²) >= 11 is 6.13. The SMILES string of the molecule is Cn1ccc2c(-c3cccc(Cl)c3)ncc(C(=O)N3CCOCC3)c21. The van der Waals surface area contributed by atoms with E-state index in [0.717, 1.165) is 22.2 Å². The number of ether oxygens (including phenoxy) is 1. The lowest BCUT2D eigenvalue weighted by atomic mass is 10.1. The number of hydrogen-bond donors (Lipinski definition) is 0. The van der Waals surface area contributed by atoms with E-state index in [1.54, 1.807) is 6.20 Å². The Labute approximate surface area is 150 Å². The third-order valence-corrected chi connectivity index (χ3v) is 4.77. The van der Waals surface area contributed by atoms with Crippen molar-refractivity contribution in [2.75, 3.05) is 26.3 Å². The van der Waals surface area contributed by atoms with Gasteiger partial charge in [0.05, 0.1) is 30.0 Å². The molecule has 2 aromatic heterocycles. The Balaban J connectivity index is 1.84. The van der Waals surface area contributed by atoms with Crippen LogP contribution in [0.1, 0.15) is 10.4 Å². The summed E-state index contributed by atoms with van der Waals surface area (Å²) in [5.41, 5.74) is 3.28. The minimum Gasteiger partial charge on any atom is -0.378 e. The fraction of sp³-hybridized carbons (Fsp3) is 0.263. The molecule has 1 amide bonds. The molecule has 3 heterocycles. The Kier molecular flexibility index (Phi) is 4.19. The van der Waals surface area contributed by atoms with Gasteiger partial charge in [0.25, 0.3) is 5.91 Å². The second-order valence-electron chi connectivity index (χ2n) is 6.12. The normalized spacial score (nSPS) is 14.9. The summed E-state index contributed by atoms with van der Waals surface area (Å²) < 4.78 is 7.31. The second kappa shape index (κ2) is 6.50. The summed E-state index contributed by atoms with van der Waals surface area (Å²) in [7, 11) is 1.94. The molecule has 1 saturated heterocycles. The molecule has 4 rings (SSSR count). The fourth-order valence-electron chi connectivity index (χ4n) is 3.27. The highest BCUT2D eigenvalue weighted by Gasteiger charge is 2.23. The Morgan fingerprint density at radius 2 is 2.04 bits per heavy atom. The van der Waals surface area contributed by atoms with Gasteiger partial charge in [-0.25, -0.2) is 0 Å². The molecule has 0 aliphatic carbocycles. The van der Waals surface area contributed by atoms with Crippen LogP contribution < -0.4 is 0 Å². The smallest absolute Gasteiger partial charge is 0.257 e. The average molecular weight is 356 g/mol. The zero-order chi connectivity index (χ0) is 17.4. The molecule has 0 saturated carbocycles. The first-order valence-electron chi connectivity index (χ1n) is 8.22. The van der Waals surface area contributed by atoms with E-state index >= 15 is 0 Å². The lowest BCUT2D eigenvalue weighted by Gasteiger charge is -2.27. The minimum absolute atomic E-state index is 0.000226. The van der Waals surface area contributed by atoms with Crippen molar-refractivity contribution in [1.29, 1.82) is 0 Å². The number of nitrogens with zero attached hydrogens (tertiary/aromatic N) is 3. The average Bonchev–Trinajstić information content (AvgIpc) is 3.03. The van der Waals surface area contributed by atoms with E-state index in [4.69, 9.17) is 16.3 Å². The van der Waals surface area contributed by atoms with Crippen LogP contribution >= 0.6 is 11.6 Å². The second-order valence-corrected chi connectivity index (χ2v) is 6.56. The van der Waals surface area contributed by atoms with Gasteiger partial charge in [-0.15, -0.1) is 0 Å². The number of pyridine rings is 1. The Hall–Kier alpha value is -2.37. The quantitative estimate of drug-likeness (QED) is 0.708. The van der Waals surface area contributed by atoms with Crippen LogP contribution in [-0.2, 0) is 11.8 Å². The molecule has 1 fully saturated rings. The summed E-state index contributed by atoms with van der Waals surface area (Å²) in [5.74, 6) is 0.000226. The van der Waals surface area contributed by atoms with Crippen molar-refractivity contribution < 1.29 is 9.53 Å². The molecule has 0 atom stereocenters. The van der Waals surface area contributed by atoms with Crippen molar-refractivity contribution in [1.82, 2.24) is 14.5 Å². The van der Waals surface area contributed by atoms with Gasteiger partial charge in [0.1, 0.15) is 0 Å². The van der Waals surface area contributed by atoms with Gasteiger partial charge in [-0.3, -0.25) is 9.78 Å². The summed E-state index contributed by atoms with van der Waals surface area (Å²) in [5, 5.41) is 1.61. The van der Waals surface area contributed by atoms with Crippen LogP contribution in [-0.4, -0.2) is 46.7 Å². The van der Waals surface area contributed by atoms with Crippen molar-refractivity contribution in [2.45, 2.75) is 0 Å². The standard InChI is InChI=1S/C19H18ClN3O2/c1-22-6-5-15-17(13-3-2-4-14(20)11-13)21-12-16(18(15)22)19(24)23-7-9-25-10-8-23/h2-6,11-12H,7-10H2,1H3. The molecule has 0 radical (unpaired) electrons. The van der Waals surface area contributed by atoms with Crippen LogP contribution in [0.25, 0.3) is 22.2 Å². The molecule has 1 aliphatic rings. The number of carbonyl (C=O) groups is 1.